The average Bonchev–Trinajstić information content (AvgIpc) is 2.20. The number of nitrogens with zero attached hydrogens (tertiary/aromatic N) is 1. The number of hydrogen-bond acceptors (Lipinski definition) is 4. The van der Waals surface area contributed by atoms with Crippen molar-refractivity contribution < 1.29 is 4.42 Å². The molecule has 2 N–H and O–H groups in total. The lowest BCUT2D eigenvalue weighted by molar-refractivity contribution is 0.591. The van der Waals surface area contributed by atoms with Crippen LogP contribution in [0.5, 0.6) is 0 Å². The molecule has 0 radical (unpaired) electrons. The topological polar surface area (TPSA) is 68.6 Å². The molecule has 0 bridgehead atoms. The Kier molecular flexibility index (Phi) is 2.25. The van der Waals surface area contributed by atoms with Crippen molar-refractivity contribution in [2.75, 3.05) is 0 Å². The number of aryl methyl sites for hydroxylation is 1. The lowest BCUT2D eigenvalue weighted by Crippen LogP contribution is -2.02. The largest absolute Gasteiger partial charge is 0.454 e. The molecular weight excluding hydrogens is 192 g/mol. The fourth-order valence-corrected chi connectivity index (χ4v) is 1.47. The summed E-state index contributed by atoms with van der Waals surface area (Å²) in [4.78, 5) is 11.7. The second kappa shape index (κ2) is 3.57. The first-order valence-corrected chi connectivity index (χ1v) is 4.49. The smallest absolute Gasteiger partial charge is 0.193 e. The fourth-order valence-electron chi connectivity index (χ4n) is 1.47. The van der Waals surface area contributed by atoms with Crippen LogP contribution in [-0.4, -0.2) is 6.21 Å². The minimum atomic E-state index is -0.0881. The first-order valence-electron chi connectivity index (χ1n) is 4.49. The van der Waals surface area contributed by atoms with E-state index < -0.39 is 0 Å². The molecule has 0 saturated carbocycles. The van der Waals surface area contributed by atoms with Crippen molar-refractivity contribution in [2.24, 2.45) is 10.9 Å². The predicted octanol–water partition coefficient (Wildman–Crippen LogP) is 1.39. The molecule has 4 heteroatoms. The molecule has 2 rings (SSSR count). The highest BCUT2D eigenvalue weighted by atomic mass is 16.3. The molecule has 1 aromatic carbocycles. The highest BCUT2D eigenvalue weighted by Gasteiger charge is 2.04. The number of fused-ring (bicyclic) bond motifs is 1. The SMILES string of the molecule is Cc1cccc2c(=O)cc(/C=N/N)oc12. The summed E-state index contributed by atoms with van der Waals surface area (Å²) in [6.07, 6.45) is 1.31. The van der Waals surface area contributed by atoms with E-state index in [-0.39, 0.29) is 5.43 Å². The number of para-hydroxylation sites is 1. The standard InChI is InChI=1S/C11H10N2O2/c1-7-3-2-4-9-10(14)5-8(6-13-12)15-11(7)9/h2-6H,12H2,1H3/b13-6+. The summed E-state index contributed by atoms with van der Waals surface area (Å²) in [7, 11) is 0. The van der Waals surface area contributed by atoms with Crippen LogP contribution in [0.1, 0.15) is 11.3 Å². The maximum absolute atomic E-state index is 11.7. The Hall–Kier alpha value is -2.10. The molecule has 0 saturated heterocycles. The van der Waals surface area contributed by atoms with E-state index in [0.29, 0.717) is 16.7 Å². The van der Waals surface area contributed by atoms with Crippen molar-refractivity contribution >= 4 is 17.2 Å². The van der Waals surface area contributed by atoms with Gasteiger partial charge in [0.05, 0.1) is 11.6 Å². The molecule has 0 aliphatic heterocycles. The minimum Gasteiger partial charge on any atom is -0.454 e. The highest BCUT2D eigenvalue weighted by molar-refractivity contribution is 5.83. The molecule has 0 fully saturated rings. The van der Waals surface area contributed by atoms with Gasteiger partial charge in [0.2, 0.25) is 0 Å². The maximum atomic E-state index is 11.7. The lowest BCUT2D eigenvalue weighted by Gasteiger charge is -2.00. The van der Waals surface area contributed by atoms with Gasteiger partial charge in [-0.1, -0.05) is 12.1 Å². The van der Waals surface area contributed by atoms with Gasteiger partial charge < -0.3 is 10.3 Å². The van der Waals surface area contributed by atoms with E-state index in [1.807, 2.05) is 19.1 Å². The van der Waals surface area contributed by atoms with Crippen molar-refractivity contribution in [3.05, 3.63) is 45.8 Å². The molecule has 0 aliphatic carbocycles. The van der Waals surface area contributed by atoms with Crippen LogP contribution in [0.4, 0.5) is 0 Å². The molecule has 0 aliphatic rings. The Bertz CT molecular complexity index is 585. The van der Waals surface area contributed by atoms with E-state index in [0.717, 1.165) is 5.56 Å². The quantitative estimate of drug-likeness (QED) is 0.431. The summed E-state index contributed by atoms with van der Waals surface area (Å²) in [6, 6.07) is 6.82. The van der Waals surface area contributed by atoms with Gasteiger partial charge in [0.1, 0.15) is 5.58 Å². The summed E-state index contributed by atoms with van der Waals surface area (Å²) < 4.78 is 5.48. The molecular formula is C11H10N2O2. The zero-order chi connectivity index (χ0) is 10.8. The number of rotatable bonds is 1. The van der Waals surface area contributed by atoms with Crippen molar-refractivity contribution in [3.63, 3.8) is 0 Å². The van der Waals surface area contributed by atoms with Gasteiger partial charge in [-0.2, -0.15) is 5.10 Å². The van der Waals surface area contributed by atoms with Crippen LogP contribution >= 0.6 is 0 Å². The zero-order valence-corrected chi connectivity index (χ0v) is 8.23. The summed E-state index contributed by atoms with van der Waals surface area (Å²) in [5.41, 5.74) is 1.41. The number of benzene rings is 1. The van der Waals surface area contributed by atoms with Gasteiger partial charge in [0, 0.05) is 6.07 Å². The van der Waals surface area contributed by atoms with E-state index in [1.165, 1.54) is 12.3 Å². The van der Waals surface area contributed by atoms with E-state index in [1.54, 1.807) is 6.07 Å². The number of hydrazone groups is 1. The van der Waals surface area contributed by atoms with Crippen LogP contribution in [-0.2, 0) is 0 Å². The Morgan fingerprint density at radius 3 is 3.00 bits per heavy atom. The molecule has 0 amide bonds. The first-order chi connectivity index (χ1) is 7.22. The first kappa shape index (κ1) is 9.45. The Balaban J connectivity index is 2.86. The van der Waals surface area contributed by atoms with Crippen LogP contribution in [0, 0.1) is 6.92 Å². The van der Waals surface area contributed by atoms with Crippen molar-refractivity contribution in [3.8, 4) is 0 Å². The van der Waals surface area contributed by atoms with Gasteiger partial charge in [0.25, 0.3) is 0 Å². The summed E-state index contributed by atoms with van der Waals surface area (Å²) in [6.45, 7) is 1.88. The number of nitrogens with two attached hydrogens (primary N) is 1. The third-order valence-corrected chi connectivity index (χ3v) is 2.17. The Morgan fingerprint density at radius 2 is 2.27 bits per heavy atom. The minimum absolute atomic E-state index is 0.0881. The fraction of sp³-hybridized carbons (Fsp3) is 0.0909. The van der Waals surface area contributed by atoms with E-state index >= 15 is 0 Å². The summed E-state index contributed by atoms with van der Waals surface area (Å²) in [5, 5.41) is 3.90. The van der Waals surface area contributed by atoms with Gasteiger partial charge >= 0.3 is 0 Å². The van der Waals surface area contributed by atoms with Crippen molar-refractivity contribution in [1.29, 1.82) is 0 Å². The van der Waals surface area contributed by atoms with Crippen molar-refractivity contribution in [2.45, 2.75) is 6.92 Å². The van der Waals surface area contributed by atoms with Gasteiger partial charge in [-0.3, -0.25) is 4.79 Å². The van der Waals surface area contributed by atoms with Gasteiger partial charge in [-0.25, -0.2) is 0 Å². The van der Waals surface area contributed by atoms with Crippen LogP contribution in [0.3, 0.4) is 0 Å². The monoisotopic (exact) mass is 202 g/mol. The normalized spacial score (nSPS) is 11.3. The second-order valence-electron chi connectivity index (χ2n) is 3.24. The second-order valence-corrected chi connectivity index (χ2v) is 3.24. The number of hydrogen-bond donors (Lipinski definition) is 1. The molecule has 0 spiro atoms. The van der Waals surface area contributed by atoms with E-state index in [9.17, 15) is 4.79 Å². The molecule has 2 aromatic rings. The van der Waals surface area contributed by atoms with Gasteiger partial charge in [-0.05, 0) is 18.6 Å². The predicted molar refractivity (Wildman–Crippen MR) is 59.0 cm³/mol. The third kappa shape index (κ3) is 1.61. The van der Waals surface area contributed by atoms with Crippen LogP contribution < -0.4 is 11.3 Å². The van der Waals surface area contributed by atoms with E-state index in [4.69, 9.17) is 10.3 Å². The van der Waals surface area contributed by atoms with Gasteiger partial charge in [-0.15, -0.1) is 0 Å². The molecule has 4 nitrogen and oxygen atoms in total. The molecule has 0 unspecified atom stereocenters. The van der Waals surface area contributed by atoms with Crippen molar-refractivity contribution in [1.82, 2.24) is 0 Å². The molecule has 15 heavy (non-hydrogen) atoms. The molecule has 1 aromatic heterocycles. The Labute approximate surface area is 86.0 Å². The molecule has 76 valence electrons. The van der Waals surface area contributed by atoms with Gasteiger partial charge in [0.15, 0.2) is 11.2 Å². The third-order valence-electron chi connectivity index (χ3n) is 2.17. The van der Waals surface area contributed by atoms with Crippen LogP contribution in [0.25, 0.3) is 11.0 Å². The Morgan fingerprint density at radius 1 is 1.47 bits per heavy atom. The average molecular weight is 202 g/mol. The zero-order valence-electron chi connectivity index (χ0n) is 8.23. The molecule has 1 heterocycles. The molecule has 0 atom stereocenters. The maximum Gasteiger partial charge on any atom is 0.193 e. The van der Waals surface area contributed by atoms with Crippen LogP contribution in [0.2, 0.25) is 0 Å². The van der Waals surface area contributed by atoms with Crippen LogP contribution in [0.15, 0.2) is 38.6 Å². The highest BCUT2D eigenvalue weighted by Crippen LogP contribution is 2.15. The van der Waals surface area contributed by atoms with E-state index in [2.05, 4.69) is 5.10 Å². The summed E-state index contributed by atoms with van der Waals surface area (Å²) in [5.74, 6) is 5.37. The summed E-state index contributed by atoms with van der Waals surface area (Å²) >= 11 is 0. The lowest BCUT2D eigenvalue weighted by atomic mass is 10.1.